The molecule has 0 saturated carbocycles. The van der Waals surface area contributed by atoms with Gasteiger partial charge in [0.1, 0.15) is 0 Å². The molecular weight excluding hydrogens is 222 g/mol. The highest BCUT2D eigenvalue weighted by Gasteiger charge is 2.09. The average molecular weight is 237 g/mol. The third-order valence-corrected chi connectivity index (χ3v) is 2.98. The molecule has 0 spiro atoms. The summed E-state index contributed by atoms with van der Waals surface area (Å²) in [5, 5.41) is 12.4. The highest BCUT2D eigenvalue weighted by molar-refractivity contribution is 7.07. The van der Waals surface area contributed by atoms with E-state index in [1.165, 1.54) is 5.56 Å². The lowest BCUT2D eigenvalue weighted by Crippen LogP contribution is -2.17. The van der Waals surface area contributed by atoms with Crippen molar-refractivity contribution in [1.82, 2.24) is 15.2 Å². The molecule has 2 rings (SSSR count). The summed E-state index contributed by atoms with van der Waals surface area (Å²) < 4.78 is 0. The van der Waals surface area contributed by atoms with Gasteiger partial charge in [0.15, 0.2) is 0 Å². The first-order valence-electron chi connectivity index (χ1n) is 4.99. The average Bonchev–Trinajstić information content (AvgIpc) is 2.86. The maximum absolute atomic E-state index is 4.10. The van der Waals surface area contributed by atoms with Crippen LogP contribution in [0.2, 0.25) is 0 Å². The molecule has 0 atom stereocenters. The molecule has 6 heteroatoms. The Labute approximate surface area is 98.7 Å². The molecule has 0 aliphatic heterocycles. The van der Waals surface area contributed by atoms with Crippen LogP contribution in [0.3, 0.4) is 0 Å². The van der Waals surface area contributed by atoms with Gasteiger partial charge in [-0.15, -0.1) is 10.2 Å². The van der Waals surface area contributed by atoms with Crippen molar-refractivity contribution < 1.29 is 0 Å². The van der Waals surface area contributed by atoms with Crippen molar-refractivity contribution in [3.05, 3.63) is 22.4 Å². The predicted octanol–water partition coefficient (Wildman–Crippen LogP) is 1.57. The van der Waals surface area contributed by atoms with E-state index in [2.05, 4.69) is 32.0 Å². The number of thiophene rings is 1. The quantitative estimate of drug-likeness (QED) is 0.877. The summed E-state index contributed by atoms with van der Waals surface area (Å²) in [6.07, 6.45) is 0. The molecular formula is C10H15N5S. The number of anilines is 2. The third-order valence-electron chi connectivity index (χ3n) is 2.25. The molecule has 1 N–H and O–H groups in total. The fourth-order valence-corrected chi connectivity index (χ4v) is 2.01. The van der Waals surface area contributed by atoms with E-state index in [-0.39, 0.29) is 0 Å². The molecule has 5 nitrogen and oxygen atoms in total. The number of hydrogen-bond acceptors (Lipinski definition) is 5. The monoisotopic (exact) mass is 237 g/mol. The minimum absolute atomic E-state index is 0.771. The third kappa shape index (κ3) is 2.33. The summed E-state index contributed by atoms with van der Waals surface area (Å²) in [7, 11) is 5.87. The molecule has 2 aromatic heterocycles. The van der Waals surface area contributed by atoms with Gasteiger partial charge in [-0.05, 0) is 22.4 Å². The number of nitrogens with zero attached hydrogens (tertiary/aromatic N) is 4. The number of aromatic nitrogens is 3. The molecule has 0 bridgehead atoms. The van der Waals surface area contributed by atoms with Crippen LogP contribution in [0.4, 0.5) is 11.9 Å². The second kappa shape index (κ2) is 4.52. The molecule has 0 unspecified atom stereocenters. The van der Waals surface area contributed by atoms with Gasteiger partial charge >= 0.3 is 0 Å². The Morgan fingerprint density at radius 3 is 2.56 bits per heavy atom. The lowest BCUT2D eigenvalue weighted by molar-refractivity contribution is 0.874. The van der Waals surface area contributed by atoms with Crippen molar-refractivity contribution in [2.45, 2.75) is 6.54 Å². The Morgan fingerprint density at radius 2 is 2.00 bits per heavy atom. The molecule has 0 radical (unpaired) electrons. The molecule has 0 aromatic carbocycles. The van der Waals surface area contributed by atoms with Gasteiger partial charge in [0, 0.05) is 27.7 Å². The van der Waals surface area contributed by atoms with Gasteiger partial charge in [0.2, 0.25) is 11.9 Å². The van der Waals surface area contributed by atoms with Crippen molar-refractivity contribution in [2.24, 2.45) is 0 Å². The Bertz CT molecular complexity index is 434. The Balaban J connectivity index is 2.06. The van der Waals surface area contributed by atoms with E-state index >= 15 is 0 Å². The van der Waals surface area contributed by atoms with E-state index in [4.69, 9.17) is 0 Å². The van der Waals surface area contributed by atoms with Crippen molar-refractivity contribution in [3.8, 4) is 0 Å². The number of nitrogens with one attached hydrogen (secondary N) is 1. The molecule has 0 amide bonds. The Kier molecular flexibility index (Phi) is 3.09. The van der Waals surface area contributed by atoms with Gasteiger partial charge in [-0.1, -0.05) is 0 Å². The van der Waals surface area contributed by atoms with Crippen molar-refractivity contribution in [2.75, 3.05) is 30.9 Å². The first-order chi connectivity index (χ1) is 7.66. The number of hydrogen-bond donors (Lipinski definition) is 1. The summed E-state index contributed by atoms with van der Waals surface area (Å²) in [6.45, 7) is 0.839. The SMILES string of the molecule is CN(C)c1nnc(N(C)Cc2ccsc2)[nH]1. The molecule has 0 saturated heterocycles. The molecule has 16 heavy (non-hydrogen) atoms. The molecule has 0 fully saturated rings. The fourth-order valence-electron chi connectivity index (χ4n) is 1.35. The van der Waals surface area contributed by atoms with E-state index in [1.54, 1.807) is 11.3 Å². The molecule has 86 valence electrons. The molecule has 2 aromatic rings. The van der Waals surface area contributed by atoms with E-state index in [1.807, 2.05) is 30.9 Å². The smallest absolute Gasteiger partial charge is 0.226 e. The topological polar surface area (TPSA) is 48.1 Å². The highest BCUT2D eigenvalue weighted by atomic mass is 32.1. The van der Waals surface area contributed by atoms with E-state index in [0.29, 0.717) is 0 Å². The van der Waals surface area contributed by atoms with Crippen molar-refractivity contribution >= 4 is 23.2 Å². The number of H-pyrrole nitrogens is 1. The van der Waals surface area contributed by atoms with Crippen LogP contribution in [-0.2, 0) is 6.54 Å². The molecule has 0 aliphatic rings. The van der Waals surface area contributed by atoms with Gasteiger partial charge in [0.05, 0.1) is 0 Å². The van der Waals surface area contributed by atoms with Gasteiger partial charge in [-0.25, -0.2) is 0 Å². The van der Waals surface area contributed by atoms with Crippen LogP contribution in [0.1, 0.15) is 5.56 Å². The van der Waals surface area contributed by atoms with Crippen LogP contribution in [0, 0.1) is 0 Å². The van der Waals surface area contributed by atoms with E-state index < -0.39 is 0 Å². The van der Waals surface area contributed by atoms with Gasteiger partial charge in [-0.2, -0.15) is 11.3 Å². The lowest BCUT2D eigenvalue weighted by Gasteiger charge is -2.14. The van der Waals surface area contributed by atoms with Crippen LogP contribution in [0.5, 0.6) is 0 Å². The fraction of sp³-hybridized carbons (Fsp3) is 0.400. The zero-order chi connectivity index (χ0) is 11.5. The van der Waals surface area contributed by atoms with E-state index in [9.17, 15) is 0 Å². The summed E-state index contributed by atoms with van der Waals surface area (Å²) in [4.78, 5) is 7.10. The van der Waals surface area contributed by atoms with Crippen LogP contribution >= 0.6 is 11.3 Å². The summed E-state index contributed by atoms with van der Waals surface area (Å²) in [5.41, 5.74) is 1.29. The van der Waals surface area contributed by atoms with Crippen molar-refractivity contribution in [3.63, 3.8) is 0 Å². The number of rotatable bonds is 4. The normalized spacial score (nSPS) is 10.4. The first-order valence-corrected chi connectivity index (χ1v) is 5.93. The molecule has 2 heterocycles. The van der Waals surface area contributed by atoms with Crippen molar-refractivity contribution in [1.29, 1.82) is 0 Å². The zero-order valence-electron chi connectivity index (χ0n) is 9.64. The standard InChI is InChI=1S/C10H15N5S/c1-14(2)9-11-10(13-12-9)15(3)6-8-4-5-16-7-8/h4-5,7H,6H2,1-3H3,(H,11,12,13). The zero-order valence-corrected chi connectivity index (χ0v) is 10.5. The maximum atomic E-state index is 4.10. The van der Waals surface area contributed by atoms with Gasteiger partial charge in [0.25, 0.3) is 0 Å². The Morgan fingerprint density at radius 1 is 1.25 bits per heavy atom. The first kappa shape index (κ1) is 10.9. The van der Waals surface area contributed by atoms with Crippen LogP contribution in [-0.4, -0.2) is 36.3 Å². The van der Waals surface area contributed by atoms with Crippen LogP contribution < -0.4 is 9.80 Å². The van der Waals surface area contributed by atoms with E-state index in [0.717, 1.165) is 18.4 Å². The molecule has 0 aliphatic carbocycles. The second-order valence-electron chi connectivity index (χ2n) is 3.85. The number of aromatic amines is 1. The minimum atomic E-state index is 0.771. The summed E-state index contributed by atoms with van der Waals surface area (Å²) in [5.74, 6) is 1.56. The van der Waals surface area contributed by atoms with Crippen LogP contribution in [0.15, 0.2) is 16.8 Å². The van der Waals surface area contributed by atoms with Crippen LogP contribution in [0.25, 0.3) is 0 Å². The maximum Gasteiger partial charge on any atom is 0.226 e. The second-order valence-corrected chi connectivity index (χ2v) is 4.63. The Hall–Kier alpha value is -1.56. The summed E-state index contributed by atoms with van der Waals surface area (Å²) >= 11 is 1.71. The highest BCUT2D eigenvalue weighted by Crippen LogP contribution is 2.14. The largest absolute Gasteiger partial charge is 0.347 e. The minimum Gasteiger partial charge on any atom is -0.347 e. The predicted molar refractivity (Wildman–Crippen MR) is 67.1 cm³/mol. The summed E-state index contributed by atoms with van der Waals surface area (Å²) in [6, 6.07) is 2.12. The lowest BCUT2D eigenvalue weighted by atomic mass is 10.3. The van der Waals surface area contributed by atoms with Gasteiger partial charge in [-0.3, -0.25) is 4.98 Å². The van der Waals surface area contributed by atoms with Gasteiger partial charge < -0.3 is 9.80 Å².